The Hall–Kier alpha value is -1.50. The lowest BCUT2D eigenvalue weighted by molar-refractivity contribution is -0.141. The summed E-state index contributed by atoms with van der Waals surface area (Å²) >= 11 is 0. The summed E-state index contributed by atoms with van der Waals surface area (Å²) in [6.07, 6.45) is 0. The molecule has 0 bridgehead atoms. The van der Waals surface area contributed by atoms with Gasteiger partial charge in [0.15, 0.2) is 0 Å². The number of halogens is 1. The standard InChI is InChI=1S/C19H29FN4O/c1-19(2,3)18(25)24-10-8-23(9-11-24)13-15-12-21-22-17(15)14-4-6-16(20)7-5-14/h4-7,15,17,21-22H,8-13H2,1-3H3. The third-order valence-electron chi connectivity index (χ3n) is 5.12. The van der Waals surface area contributed by atoms with Gasteiger partial charge in [0.05, 0.1) is 6.04 Å². The van der Waals surface area contributed by atoms with Crippen LogP contribution in [0.5, 0.6) is 0 Å². The topological polar surface area (TPSA) is 47.6 Å². The summed E-state index contributed by atoms with van der Waals surface area (Å²) in [7, 11) is 0. The molecular formula is C19H29FN4O. The molecule has 2 aliphatic heterocycles. The molecule has 1 amide bonds. The molecule has 2 N–H and O–H groups in total. The van der Waals surface area contributed by atoms with Crippen LogP contribution in [0, 0.1) is 17.2 Å². The zero-order valence-electron chi connectivity index (χ0n) is 15.4. The van der Waals surface area contributed by atoms with Crippen LogP contribution in [0.1, 0.15) is 32.4 Å². The Balaban J connectivity index is 1.54. The second kappa shape index (κ2) is 7.40. The Bertz CT molecular complexity index is 590. The Morgan fingerprint density at radius 3 is 2.40 bits per heavy atom. The molecule has 2 aliphatic rings. The van der Waals surface area contributed by atoms with Gasteiger partial charge >= 0.3 is 0 Å². The molecule has 2 saturated heterocycles. The molecule has 1 aromatic rings. The number of nitrogens with zero attached hydrogens (tertiary/aromatic N) is 2. The van der Waals surface area contributed by atoms with E-state index in [-0.39, 0.29) is 23.2 Å². The average molecular weight is 348 g/mol. The molecule has 6 heteroatoms. The molecule has 1 aromatic carbocycles. The SMILES string of the molecule is CC(C)(C)C(=O)N1CCN(CC2CNNC2c2ccc(F)cc2)CC1. The summed E-state index contributed by atoms with van der Waals surface area (Å²) in [5.74, 6) is 0.460. The van der Waals surface area contributed by atoms with Crippen LogP contribution in [-0.2, 0) is 4.79 Å². The van der Waals surface area contributed by atoms with Gasteiger partial charge in [-0.2, -0.15) is 0 Å². The third-order valence-corrected chi connectivity index (χ3v) is 5.12. The second-order valence-electron chi connectivity index (χ2n) is 8.16. The lowest BCUT2D eigenvalue weighted by Crippen LogP contribution is -2.52. The molecule has 0 aromatic heterocycles. The first-order valence-corrected chi connectivity index (χ1v) is 9.10. The zero-order chi connectivity index (χ0) is 18.0. The van der Waals surface area contributed by atoms with Crippen LogP contribution < -0.4 is 10.9 Å². The smallest absolute Gasteiger partial charge is 0.228 e. The highest BCUT2D eigenvalue weighted by Gasteiger charge is 2.33. The van der Waals surface area contributed by atoms with Gasteiger partial charge in [0, 0.05) is 50.6 Å². The fraction of sp³-hybridized carbons (Fsp3) is 0.632. The molecule has 3 rings (SSSR count). The molecule has 2 atom stereocenters. The summed E-state index contributed by atoms with van der Waals surface area (Å²) in [6, 6.07) is 6.93. The molecule has 0 radical (unpaired) electrons. The van der Waals surface area contributed by atoms with E-state index >= 15 is 0 Å². The third kappa shape index (κ3) is 4.37. The monoisotopic (exact) mass is 348 g/mol. The van der Waals surface area contributed by atoms with Crippen molar-refractivity contribution in [2.75, 3.05) is 39.3 Å². The molecule has 138 valence electrons. The maximum atomic E-state index is 13.2. The number of hydrazine groups is 1. The predicted octanol–water partition coefficient (Wildman–Crippen LogP) is 1.78. The van der Waals surface area contributed by atoms with E-state index < -0.39 is 0 Å². The van der Waals surface area contributed by atoms with Gasteiger partial charge in [0.25, 0.3) is 0 Å². The van der Waals surface area contributed by atoms with E-state index in [2.05, 4.69) is 15.8 Å². The average Bonchev–Trinajstić information content (AvgIpc) is 3.03. The number of nitrogens with one attached hydrogen (secondary N) is 2. The van der Waals surface area contributed by atoms with E-state index in [4.69, 9.17) is 0 Å². The van der Waals surface area contributed by atoms with Crippen molar-refractivity contribution in [2.45, 2.75) is 26.8 Å². The van der Waals surface area contributed by atoms with Crippen molar-refractivity contribution in [3.63, 3.8) is 0 Å². The van der Waals surface area contributed by atoms with Gasteiger partial charge in [-0.3, -0.25) is 15.1 Å². The van der Waals surface area contributed by atoms with Crippen molar-refractivity contribution >= 4 is 5.91 Å². The van der Waals surface area contributed by atoms with Gasteiger partial charge in [0.1, 0.15) is 5.82 Å². The minimum Gasteiger partial charge on any atom is -0.340 e. The Morgan fingerprint density at radius 2 is 1.80 bits per heavy atom. The quantitative estimate of drug-likeness (QED) is 0.874. The van der Waals surface area contributed by atoms with Gasteiger partial charge in [-0.15, -0.1) is 0 Å². The number of hydrogen-bond donors (Lipinski definition) is 2. The van der Waals surface area contributed by atoms with Gasteiger partial charge < -0.3 is 4.90 Å². The van der Waals surface area contributed by atoms with E-state index in [9.17, 15) is 9.18 Å². The van der Waals surface area contributed by atoms with Gasteiger partial charge in [0.2, 0.25) is 5.91 Å². The predicted molar refractivity (Wildman–Crippen MR) is 96.2 cm³/mol. The highest BCUT2D eigenvalue weighted by Crippen LogP contribution is 2.26. The normalized spacial score (nSPS) is 25.4. The molecule has 0 spiro atoms. The Morgan fingerprint density at radius 1 is 1.16 bits per heavy atom. The zero-order valence-corrected chi connectivity index (χ0v) is 15.4. The van der Waals surface area contributed by atoms with Crippen molar-refractivity contribution in [1.82, 2.24) is 20.7 Å². The van der Waals surface area contributed by atoms with Crippen LogP contribution in [0.4, 0.5) is 4.39 Å². The van der Waals surface area contributed by atoms with E-state index in [0.29, 0.717) is 5.92 Å². The maximum Gasteiger partial charge on any atom is 0.228 e. The van der Waals surface area contributed by atoms with Crippen LogP contribution in [-0.4, -0.2) is 55.0 Å². The van der Waals surface area contributed by atoms with Crippen molar-refractivity contribution in [2.24, 2.45) is 11.3 Å². The lowest BCUT2D eigenvalue weighted by atomic mass is 9.93. The fourth-order valence-electron chi connectivity index (χ4n) is 3.67. The van der Waals surface area contributed by atoms with Crippen LogP contribution >= 0.6 is 0 Å². The number of benzene rings is 1. The van der Waals surface area contributed by atoms with Crippen LogP contribution in [0.3, 0.4) is 0 Å². The van der Waals surface area contributed by atoms with Gasteiger partial charge in [-0.25, -0.2) is 9.82 Å². The van der Waals surface area contributed by atoms with E-state index in [0.717, 1.165) is 44.8 Å². The fourth-order valence-corrected chi connectivity index (χ4v) is 3.67. The number of carbonyl (C=O) groups excluding carboxylic acids is 1. The van der Waals surface area contributed by atoms with Gasteiger partial charge in [-0.1, -0.05) is 32.9 Å². The van der Waals surface area contributed by atoms with Crippen molar-refractivity contribution in [1.29, 1.82) is 0 Å². The van der Waals surface area contributed by atoms with Gasteiger partial charge in [-0.05, 0) is 17.7 Å². The largest absolute Gasteiger partial charge is 0.340 e. The Kier molecular flexibility index (Phi) is 5.41. The molecule has 0 saturated carbocycles. The summed E-state index contributed by atoms with van der Waals surface area (Å²) in [6.45, 7) is 11.2. The van der Waals surface area contributed by atoms with E-state index in [1.165, 1.54) is 12.1 Å². The van der Waals surface area contributed by atoms with E-state index in [1.807, 2.05) is 37.8 Å². The molecular weight excluding hydrogens is 319 g/mol. The maximum absolute atomic E-state index is 13.2. The van der Waals surface area contributed by atoms with E-state index in [1.54, 1.807) is 0 Å². The van der Waals surface area contributed by atoms with Crippen molar-refractivity contribution in [3.8, 4) is 0 Å². The molecule has 5 nitrogen and oxygen atoms in total. The minimum absolute atomic E-state index is 0.190. The highest BCUT2D eigenvalue weighted by atomic mass is 19.1. The second-order valence-corrected chi connectivity index (χ2v) is 8.16. The Labute approximate surface area is 149 Å². The molecule has 2 unspecified atom stereocenters. The summed E-state index contributed by atoms with van der Waals surface area (Å²) in [4.78, 5) is 16.8. The highest BCUT2D eigenvalue weighted by molar-refractivity contribution is 5.81. The first kappa shape index (κ1) is 18.3. The lowest BCUT2D eigenvalue weighted by Gasteiger charge is -2.39. The first-order chi connectivity index (χ1) is 11.8. The van der Waals surface area contributed by atoms with Crippen LogP contribution in [0.15, 0.2) is 24.3 Å². The number of rotatable bonds is 3. The van der Waals surface area contributed by atoms with Crippen LogP contribution in [0.2, 0.25) is 0 Å². The number of hydrogen-bond acceptors (Lipinski definition) is 4. The molecule has 25 heavy (non-hydrogen) atoms. The number of amides is 1. The number of piperazine rings is 1. The van der Waals surface area contributed by atoms with Crippen molar-refractivity contribution < 1.29 is 9.18 Å². The summed E-state index contributed by atoms with van der Waals surface area (Å²) in [5.41, 5.74) is 7.35. The summed E-state index contributed by atoms with van der Waals surface area (Å²) in [5, 5.41) is 0. The van der Waals surface area contributed by atoms with Crippen LogP contribution in [0.25, 0.3) is 0 Å². The molecule has 2 heterocycles. The van der Waals surface area contributed by atoms with Crippen molar-refractivity contribution in [3.05, 3.63) is 35.6 Å². The number of carbonyl (C=O) groups is 1. The molecule has 2 fully saturated rings. The summed E-state index contributed by atoms with van der Waals surface area (Å²) < 4.78 is 13.2. The minimum atomic E-state index is -0.310. The molecule has 0 aliphatic carbocycles. The first-order valence-electron chi connectivity index (χ1n) is 9.10.